The van der Waals surface area contributed by atoms with E-state index in [0.717, 1.165) is 12.0 Å². The number of nitrogens with one attached hydrogen (secondary N) is 1. The van der Waals surface area contributed by atoms with Crippen LogP contribution in [0.3, 0.4) is 0 Å². The van der Waals surface area contributed by atoms with Crippen molar-refractivity contribution < 1.29 is 14.3 Å². The van der Waals surface area contributed by atoms with Crippen LogP contribution in [0.15, 0.2) is 47.6 Å². The molecule has 2 amide bonds. The lowest BCUT2D eigenvalue weighted by Gasteiger charge is -2.33. The molecule has 0 spiro atoms. The number of carbonyl (C=O) groups excluding carboxylic acids is 2. The zero-order chi connectivity index (χ0) is 21.0. The van der Waals surface area contributed by atoms with Gasteiger partial charge in [-0.25, -0.2) is 9.98 Å². The molecule has 1 aliphatic rings. The molecule has 0 radical (unpaired) electrons. The van der Waals surface area contributed by atoms with Crippen LogP contribution in [0, 0.1) is 0 Å². The van der Waals surface area contributed by atoms with Gasteiger partial charge in [0.05, 0.1) is 18.6 Å². The average Bonchev–Trinajstić information content (AvgIpc) is 2.71. The number of nitrogens with zero attached hydrogens (tertiary/aromatic N) is 3. The molecule has 29 heavy (non-hydrogen) atoms. The van der Waals surface area contributed by atoms with E-state index in [2.05, 4.69) is 15.3 Å². The molecule has 0 aliphatic carbocycles. The summed E-state index contributed by atoms with van der Waals surface area (Å²) in [6.45, 7) is 4.34. The normalized spacial score (nSPS) is 18.9. The predicted molar refractivity (Wildman–Crippen MR) is 111 cm³/mol. The highest BCUT2D eigenvalue weighted by Crippen LogP contribution is 2.34. The van der Waals surface area contributed by atoms with E-state index in [0.29, 0.717) is 18.0 Å². The van der Waals surface area contributed by atoms with Gasteiger partial charge in [0, 0.05) is 18.9 Å². The molecule has 2 heterocycles. The Labute approximate surface area is 169 Å². The Hall–Kier alpha value is -3.42. The average molecular weight is 395 g/mol. The first-order valence-corrected chi connectivity index (χ1v) is 9.45. The number of nitrogens with two attached hydrogens (primary N) is 1. The molecular weight excluding hydrogens is 370 g/mol. The van der Waals surface area contributed by atoms with Crippen LogP contribution in [0.5, 0.6) is 5.75 Å². The Morgan fingerprint density at radius 1 is 1.34 bits per heavy atom. The molecule has 1 aliphatic heterocycles. The molecule has 1 atom stereocenters. The molecule has 0 saturated carbocycles. The number of guanidine groups is 1. The summed E-state index contributed by atoms with van der Waals surface area (Å²) < 4.78 is 5.62. The second-order valence-electron chi connectivity index (χ2n) is 7.11. The largest absolute Gasteiger partial charge is 0.491 e. The number of aliphatic imine (C=N–C) groups is 1. The first-order valence-electron chi connectivity index (χ1n) is 9.45. The summed E-state index contributed by atoms with van der Waals surface area (Å²) in [5, 5.41) is 2.85. The van der Waals surface area contributed by atoms with E-state index in [4.69, 9.17) is 10.5 Å². The number of rotatable bonds is 6. The van der Waals surface area contributed by atoms with Crippen LogP contribution >= 0.6 is 0 Å². The van der Waals surface area contributed by atoms with E-state index in [1.807, 2.05) is 19.9 Å². The lowest BCUT2D eigenvalue weighted by atomic mass is 9.87. The third kappa shape index (κ3) is 4.37. The third-order valence-electron chi connectivity index (χ3n) is 4.76. The van der Waals surface area contributed by atoms with Crippen LogP contribution in [0.1, 0.15) is 42.7 Å². The number of amides is 2. The first kappa shape index (κ1) is 20.3. The van der Waals surface area contributed by atoms with E-state index in [1.54, 1.807) is 43.6 Å². The number of hydrogen-bond donors (Lipinski definition) is 2. The van der Waals surface area contributed by atoms with Crippen molar-refractivity contribution in [2.24, 2.45) is 10.7 Å². The van der Waals surface area contributed by atoms with Gasteiger partial charge in [0.15, 0.2) is 17.4 Å². The minimum atomic E-state index is -0.797. The second-order valence-corrected chi connectivity index (χ2v) is 7.11. The maximum Gasteiger partial charge on any atom is 0.278 e. The molecule has 8 nitrogen and oxygen atoms in total. The Balaban J connectivity index is 1.84. The molecule has 0 saturated heterocycles. The van der Waals surface area contributed by atoms with Crippen LogP contribution in [0.25, 0.3) is 0 Å². The summed E-state index contributed by atoms with van der Waals surface area (Å²) in [4.78, 5) is 35.0. The van der Waals surface area contributed by atoms with Gasteiger partial charge >= 0.3 is 0 Å². The fourth-order valence-corrected chi connectivity index (χ4v) is 3.09. The van der Waals surface area contributed by atoms with Crippen molar-refractivity contribution in [1.29, 1.82) is 0 Å². The van der Waals surface area contributed by atoms with E-state index >= 15 is 0 Å². The molecule has 0 bridgehead atoms. The van der Waals surface area contributed by atoms with Crippen LogP contribution < -0.4 is 15.8 Å². The number of anilines is 1. The Bertz CT molecular complexity index is 959. The predicted octanol–water partition coefficient (Wildman–Crippen LogP) is 2.51. The van der Waals surface area contributed by atoms with E-state index in [1.165, 1.54) is 4.90 Å². The highest BCUT2D eigenvalue weighted by Gasteiger charge is 2.36. The molecule has 1 aromatic carbocycles. The molecule has 1 unspecified atom stereocenters. The fraction of sp³-hybridized carbons (Fsp3) is 0.333. The molecule has 2 aromatic rings. The van der Waals surface area contributed by atoms with Gasteiger partial charge in [-0.2, -0.15) is 0 Å². The van der Waals surface area contributed by atoms with Gasteiger partial charge in [-0.1, -0.05) is 19.1 Å². The van der Waals surface area contributed by atoms with Crippen molar-refractivity contribution in [3.8, 4) is 5.75 Å². The van der Waals surface area contributed by atoms with Gasteiger partial charge in [0.25, 0.3) is 5.91 Å². The second kappa shape index (κ2) is 8.30. The molecule has 3 N–H and O–H groups in total. The topological polar surface area (TPSA) is 110 Å². The van der Waals surface area contributed by atoms with Gasteiger partial charge in [-0.05, 0) is 43.2 Å². The number of hydrogen-bond acceptors (Lipinski definition) is 6. The summed E-state index contributed by atoms with van der Waals surface area (Å²) in [5.74, 6) is 0.125. The van der Waals surface area contributed by atoms with Gasteiger partial charge in [0.1, 0.15) is 0 Å². The SMILES string of the molecule is CCCOc1cccnc1C(=O)Nc1cccc(C2(C)CC(=O)N(C)C(N)=N2)c1. The number of ether oxygens (including phenoxy) is 1. The van der Waals surface area contributed by atoms with Gasteiger partial charge < -0.3 is 15.8 Å². The van der Waals surface area contributed by atoms with Crippen molar-refractivity contribution in [3.63, 3.8) is 0 Å². The molecule has 0 fully saturated rings. The summed E-state index contributed by atoms with van der Waals surface area (Å²) in [7, 11) is 1.60. The quantitative estimate of drug-likeness (QED) is 0.781. The minimum absolute atomic E-state index is 0.111. The Morgan fingerprint density at radius 3 is 2.86 bits per heavy atom. The Morgan fingerprint density at radius 2 is 2.14 bits per heavy atom. The van der Waals surface area contributed by atoms with Crippen LogP contribution in [-0.4, -0.2) is 41.3 Å². The summed E-state index contributed by atoms with van der Waals surface area (Å²) >= 11 is 0. The smallest absolute Gasteiger partial charge is 0.278 e. The van der Waals surface area contributed by atoms with E-state index < -0.39 is 5.54 Å². The lowest BCUT2D eigenvalue weighted by Crippen LogP contribution is -2.47. The fourth-order valence-electron chi connectivity index (χ4n) is 3.09. The first-order chi connectivity index (χ1) is 13.8. The maximum atomic E-state index is 12.8. The zero-order valence-corrected chi connectivity index (χ0v) is 16.8. The highest BCUT2D eigenvalue weighted by atomic mass is 16.5. The summed E-state index contributed by atoms with van der Waals surface area (Å²) in [5.41, 5.74) is 6.67. The van der Waals surface area contributed by atoms with Crippen molar-refractivity contribution in [2.75, 3.05) is 19.0 Å². The monoisotopic (exact) mass is 395 g/mol. The van der Waals surface area contributed by atoms with Crippen LogP contribution in [0.2, 0.25) is 0 Å². The van der Waals surface area contributed by atoms with Crippen LogP contribution in [-0.2, 0) is 10.3 Å². The van der Waals surface area contributed by atoms with Gasteiger partial charge in [0.2, 0.25) is 5.91 Å². The molecule has 152 valence electrons. The zero-order valence-electron chi connectivity index (χ0n) is 16.8. The lowest BCUT2D eigenvalue weighted by molar-refractivity contribution is -0.128. The van der Waals surface area contributed by atoms with E-state index in [-0.39, 0.29) is 29.9 Å². The highest BCUT2D eigenvalue weighted by molar-refractivity contribution is 6.04. The van der Waals surface area contributed by atoms with Gasteiger partial charge in [-0.3, -0.25) is 14.5 Å². The third-order valence-corrected chi connectivity index (χ3v) is 4.76. The van der Waals surface area contributed by atoms with Crippen molar-refractivity contribution in [3.05, 3.63) is 53.9 Å². The standard InChI is InChI=1S/C21H25N5O3/c1-4-11-29-16-9-6-10-23-18(16)19(28)24-15-8-5-7-14(12-15)21(2)13-17(27)26(3)20(22)25-21/h5-10,12H,4,11,13H2,1-3H3,(H2,22,25)(H,24,28). The van der Waals surface area contributed by atoms with Crippen molar-refractivity contribution >= 4 is 23.5 Å². The number of benzene rings is 1. The summed E-state index contributed by atoms with van der Waals surface area (Å²) in [6, 6.07) is 10.7. The molecule has 3 rings (SSSR count). The molecule has 8 heteroatoms. The minimum Gasteiger partial charge on any atom is -0.491 e. The van der Waals surface area contributed by atoms with E-state index in [9.17, 15) is 9.59 Å². The van der Waals surface area contributed by atoms with Crippen LogP contribution in [0.4, 0.5) is 5.69 Å². The Kier molecular flexibility index (Phi) is 5.81. The molecular formula is C21H25N5O3. The summed E-state index contributed by atoms with van der Waals surface area (Å²) in [6.07, 6.45) is 2.57. The maximum absolute atomic E-state index is 12.8. The van der Waals surface area contributed by atoms with Gasteiger partial charge in [-0.15, -0.1) is 0 Å². The van der Waals surface area contributed by atoms with Crippen molar-refractivity contribution in [1.82, 2.24) is 9.88 Å². The van der Waals surface area contributed by atoms with Crippen molar-refractivity contribution in [2.45, 2.75) is 32.2 Å². The number of carbonyl (C=O) groups is 2. The number of pyridine rings is 1. The number of aromatic nitrogens is 1. The molecule has 1 aromatic heterocycles.